The Hall–Kier alpha value is -1.59. The molecule has 0 saturated heterocycles. The zero-order chi connectivity index (χ0) is 15.4. The second-order valence-corrected chi connectivity index (χ2v) is 5.55. The van der Waals surface area contributed by atoms with Gasteiger partial charge in [-0.2, -0.15) is 0 Å². The van der Waals surface area contributed by atoms with E-state index in [-0.39, 0.29) is 0 Å². The molecule has 0 heterocycles. The maximum absolute atomic E-state index is 13.3. The Morgan fingerprint density at radius 3 is 2.71 bits per heavy atom. The summed E-state index contributed by atoms with van der Waals surface area (Å²) in [5.41, 5.74) is 1.14. The van der Waals surface area contributed by atoms with Crippen molar-refractivity contribution in [1.29, 1.82) is 0 Å². The molecule has 0 bridgehead atoms. The third-order valence-corrected chi connectivity index (χ3v) is 4.06. The maximum atomic E-state index is 13.3. The second-order valence-electron chi connectivity index (χ2n) is 4.28. The average molecular weight is 373 g/mol. The van der Waals surface area contributed by atoms with Crippen molar-refractivity contribution < 1.29 is 13.9 Å². The van der Waals surface area contributed by atoms with Crippen LogP contribution in [0.4, 0.5) is 10.1 Å². The lowest BCUT2D eigenvalue weighted by Crippen LogP contribution is -2.22. The molecule has 6 heteroatoms. The van der Waals surface area contributed by atoms with E-state index in [1.807, 2.05) is 0 Å². The maximum Gasteiger partial charge on any atom is 0.332 e. The summed E-state index contributed by atoms with van der Waals surface area (Å²) in [5.74, 6) is -0.924. The zero-order valence-electron chi connectivity index (χ0n) is 11.1. The van der Waals surface area contributed by atoms with Crippen molar-refractivity contribution in [2.45, 2.75) is 6.04 Å². The molecule has 0 saturated carbocycles. The molecule has 0 radical (unpaired) electrons. The quantitative estimate of drug-likeness (QED) is 0.799. The standard InChI is InChI=1S/C15H12BrClFNO2/c1-21-15(20)14(9-3-2-4-10(18)7-9)19-11-5-6-13(17)12(16)8-11/h2-8,14,19H,1H3. The molecule has 2 aromatic carbocycles. The number of ether oxygens (including phenoxy) is 1. The fourth-order valence-electron chi connectivity index (χ4n) is 1.83. The Morgan fingerprint density at radius 2 is 2.10 bits per heavy atom. The molecule has 1 unspecified atom stereocenters. The first kappa shape index (κ1) is 15.8. The van der Waals surface area contributed by atoms with Crippen molar-refractivity contribution >= 4 is 39.2 Å². The van der Waals surface area contributed by atoms with E-state index in [1.54, 1.807) is 30.3 Å². The number of nitrogens with one attached hydrogen (secondary N) is 1. The van der Waals surface area contributed by atoms with Gasteiger partial charge in [-0.15, -0.1) is 0 Å². The van der Waals surface area contributed by atoms with Gasteiger partial charge in [0.25, 0.3) is 0 Å². The first-order valence-electron chi connectivity index (χ1n) is 6.06. The van der Waals surface area contributed by atoms with Gasteiger partial charge in [-0.25, -0.2) is 9.18 Å². The average Bonchev–Trinajstić information content (AvgIpc) is 2.47. The third-order valence-electron chi connectivity index (χ3n) is 2.85. The predicted octanol–water partition coefficient (Wildman–Crippen LogP) is 4.57. The van der Waals surface area contributed by atoms with Gasteiger partial charge < -0.3 is 10.1 Å². The van der Waals surface area contributed by atoms with Crippen LogP contribution in [0.1, 0.15) is 11.6 Å². The summed E-state index contributed by atoms with van der Waals surface area (Å²) in [6.07, 6.45) is 0. The largest absolute Gasteiger partial charge is 0.467 e. The summed E-state index contributed by atoms with van der Waals surface area (Å²) in [7, 11) is 1.29. The van der Waals surface area contributed by atoms with Gasteiger partial charge in [0, 0.05) is 10.2 Å². The van der Waals surface area contributed by atoms with Crippen LogP contribution in [-0.2, 0) is 9.53 Å². The summed E-state index contributed by atoms with van der Waals surface area (Å²) >= 11 is 9.24. The van der Waals surface area contributed by atoms with E-state index in [2.05, 4.69) is 21.2 Å². The van der Waals surface area contributed by atoms with E-state index in [1.165, 1.54) is 19.2 Å². The number of carbonyl (C=O) groups excluding carboxylic acids is 1. The molecule has 1 atom stereocenters. The van der Waals surface area contributed by atoms with Crippen LogP contribution in [-0.4, -0.2) is 13.1 Å². The summed E-state index contributed by atoms with van der Waals surface area (Å²) in [6, 6.07) is 10.1. The monoisotopic (exact) mass is 371 g/mol. The molecule has 0 aromatic heterocycles. The van der Waals surface area contributed by atoms with Crippen molar-refractivity contribution in [3.8, 4) is 0 Å². The Kier molecular flexibility index (Phi) is 5.20. The Bertz CT molecular complexity index is 666. The molecule has 21 heavy (non-hydrogen) atoms. The van der Waals surface area contributed by atoms with Gasteiger partial charge >= 0.3 is 5.97 Å². The summed E-state index contributed by atoms with van der Waals surface area (Å²) < 4.78 is 18.8. The van der Waals surface area contributed by atoms with Crippen LogP contribution < -0.4 is 5.32 Å². The molecule has 3 nitrogen and oxygen atoms in total. The molecule has 110 valence electrons. The van der Waals surface area contributed by atoms with Crippen LogP contribution in [0.2, 0.25) is 5.02 Å². The van der Waals surface area contributed by atoms with Crippen LogP contribution in [0.15, 0.2) is 46.9 Å². The van der Waals surface area contributed by atoms with Gasteiger partial charge in [0.15, 0.2) is 6.04 Å². The Balaban J connectivity index is 2.32. The van der Waals surface area contributed by atoms with Crippen LogP contribution in [0.25, 0.3) is 0 Å². The van der Waals surface area contributed by atoms with Crippen molar-refractivity contribution in [1.82, 2.24) is 0 Å². The molecule has 2 rings (SSSR count). The molecule has 0 aliphatic rings. The smallest absolute Gasteiger partial charge is 0.332 e. The van der Waals surface area contributed by atoms with Gasteiger partial charge in [-0.05, 0) is 51.8 Å². The van der Waals surface area contributed by atoms with Crippen molar-refractivity contribution in [3.05, 3.63) is 63.3 Å². The van der Waals surface area contributed by atoms with E-state index in [0.717, 1.165) is 0 Å². The third kappa shape index (κ3) is 3.95. The molecule has 0 amide bonds. The number of benzene rings is 2. The minimum Gasteiger partial charge on any atom is -0.467 e. The Labute approximate surface area is 135 Å². The molecule has 0 fully saturated rings. The minimum atomic E-state index is -0.807. The first-order chi connectivity index (χ1) is 10.0. The molecule has 1 N–H and O–H groups in total. The van der Waals surface area contributed by atoms with E-state index >= 15 is 0 Å². The number of halogens is 3. The highest BCUT2D eigenvalue weighted by molar-refractivity contribution is 9.10. The molecule has 0 aliphatic carbocycles. The number of anilines is 1. The lowest BCUT2D eigenvalue weighted by atomic mass is 10.1. The van der Waals surface area contributed by atoms with Crippen molar-refractivity contribution in [3.63, 3.8) is 0 Å². The fourth-order valence-corrected chi connectivity index (χ4v) is 2.33. The lowest BCUT2D eigenvalue weighted by molar-refractivity contribution is -0.141. The number of methoxy groups -OCH3 is 1. The molecule has 2 aromatic rings. The highest BCUT2D eigenvalue weighted by atomic mass is 79.9. The SMILES string of the molecule is COC(=O)C(Nc1ccc(Cl)c(Br)c1)c1cccc(F)c1. The van der Waals surface area contributed by atoms with E-state index in [4.69, 9.17) is 16.3 Å². The van der Waals surface area contributed by atoms with E-state index < -0.39 is 17.8 Å². The van der Waals surface area contributed by atoms with Crippen LogP contribution in [0, 0.1) is 5.82 Å². The van der Waals surface area contributed by atoms with Gasteiger partial charge in [0.2, 0.25) is 0 Å². The topological polar surface area (TPSA) is 38.3 Å². The fraction of sp³-hybridized carbons (Fsp3) is 0.133. The predicted molar refractivity (Wildman–Crippen MR) is 83.9 cm³/mol. The normalized spacial score (nSPS) is 11.8. The van der Waals surface area contributed by atoms with Crippen LogP contribution in [0.3, 0.4) is 0 Å². The van der Waals surface area contributed by atoms with Crippen LogP contribution >= 0.6 is 27.5 Å². The number of carbonyl (C=O) groups is 1. The number of hydrogen-bond donors (Lipinski definition) is 1. The van der Waals surface area contributed by atoms with Gasteiger partial charge in [0.05, 0.1) is 12.1 Å². The van der Waals surface area contributed by atoms with Gasteiger partial charge in [-0.1, -0.05) is 23.7 Å². The number of esters is 1. The Morgan fingerprint density at radius 1 is 1.33 bits per heavy atom. The molecule has 0 aliphatic heterocycles. The summed E-state index contributed by atoms with van der Waals surface area (Å²) in [5, 5.41) is 3.57. The van der Waals surface area contributed by atoms with E-state index in [9.17, 15) is 9.18 Å². The minimum absolute atomic E-state index is 0.416. The first-order valence-corrected chi connectivity index (χ1v) is 7.23. The van der Waals surface area contributed by atoms with Crippen LogP contribution in [0.5, 0.6) is 0 Å². The van der Waals surface area contributed by atoms with E-state index in [0.29, 0.717) is 20.7 Å². The number of hydrogen-bond acceptors (Lipinski definition) is 3. The summed E-state index contributed by atoms with van der Waals surface area (Å²) in [6.45, 7) is 0. The lowest BCUT2D eigenvalue weighted by Gasteiger charge is -2.18. The highest BCUT2D eigenvalue weighted by Crippen LogP contribution is 2.28. The molecular formula is C15H12BrClFNO2. The second kappa shape index (κ2) is 6.91. The van der Waals surface area contributed by atoms with Gasteiger partial charge in [-0.3, -0.25) is 0 Å². The highest BCUT2D eigenvalue weighted by Gasteiger charge is 2.22. The summed E-state index contributed by atoms with van der Waals surface area (Å²) in [4.78, 5) is 11.9. The zero-order valence-corrected chi connectivity index (χ0v) is 13.4. The molecule has 0 spiro atoms. The van der Waals surface area contributed by atoms with Crippen molar-refractivity contribution in [2.75, 3.05) is 12.4 Å². The molecular weight excluding hydrogens is 361 g/mol. The van der Waals surface area contributed by atoms with Crippen molar-refractivity contribution in [2.24, 2.45) is 0 Å². The van der Waals surface area contributed by atoms with Gasteiger partial charge in [0.1, 0.15) is 5.82 Å². The number of rotatable bonds is 4.